The van der Waals surface area contributed by atoms with Crippen molar-refractivity contribution in [1.82, 2.24) is 9.55 Å². The van der Waals surface area contributed by atoms with Crippen LogP contribution in [0.5, 0.6) is 0 Å². The molecule has 3 aromatic rings. The zero-order valence-corrected chi connectivity index (χ0v) is 11.3. The molecule has 0 saturated carbocycles. The van der Waals surface area contributed by atoms with Crippen LogP contribution in [0.2, 0.25) is 0 Å². The molecule has 0 bridgehead atoms. The Bertz CT molecular complexity index is 709. The standard InChI is InChI=1S/C14H15N3S/c1-3-17-11-5-4-9(2)8-10(11)16-14(17)12-6-7-13(15)18-12/h4-8H,3,15H2,1-2H3. The molecule has 18 heavy (non-hydrogen) atoms. The lowest BCUT2D eigenvalue weighted by atomic mass is 10.2. The molecule has 0 aliphatic rings. The highest BCUT2D eigenvalue weighted by atomic mass is 32.1. The van der Waals surface area contributed by atoms with Gasteiger partial charge in [0.2, 0.25) is 0 Å². The predicted octanol–water partition coefficient (Wildman–Crippen LogP) is 3.68. The molecule has 0 unspecified atom stereocenters. The molecule has 92 valence electrons. The maximum Gasteiger partial charge on any atom is 0.151 e. The highest BCUT2D eigenvalue weighted by Crippen LogP contribution is 2.31. The summed E-state index contributed by atoms with van der Waals surface area (Å²) in [5.41, 5.74) is 9.28. The number of nitrogen functional groups attached to an aromatic ring is 1. The van der Waals surface area contributed by atoms with Gasteiger partial charge >= 0.3 is 0 Å². The summed E-state index contributed by atoms with van der Waals surface area (Å²) >= 11 is 1.58. The molecule has 1 aromatic carbocycles. The molecule has 0 saturated heterocycles. The number of aryl methyl sites for hydroxylation is 2. The van der Waals surface area contributed by atoms with Gasteiger partial charge in [0.25, 0.3) is 0 Å². The number of thiophene rings is 1. The highest BCUT2D eigenvalue weighted by Gasteiger charge is 2.12. The van der Waals surface area contributed by atoms with Gasteiger partial charge in [0.1, 0.15) is 0 Å². The van der Waals surface area contributed by atoms with E-state index < -0.39 is 0 Å². The molecule has 3 rings (SSSR count). The number of rotatable bonds is 2. The summed E-state index contributed by atoms with van der Waals surface area (Å²) in [6.07, 6.45) is 0. The van der Waals surface area contributed by atoms with Gasteiger partial charge in [-0.15, -0.1) is 11.3 Å². The first-order valence-corrected chi connectivity index (χ1v) is 6.83. The van der Waals surface area contributed by atoms with Gasteiger partial charge in [-0.1, -0.05) is 6.07 Å². The van der Waals surface area contributed by atoms with Crippen molar-refractivity contribution in [2.24, 2.45) is 0 Å². The molecule has 2 N–H and O–H groups in total. The Hall–Kier alpha value is -1.81. The van der Waals surface area contributed by atoms with Crippen LogP contribution in [0.4, 0.5) is 5.00 Å². The monoisotopic (exact) mass is 257 g/mol. The fourth-order valence-corrected chi connectivity index (χ4v) is 2.99. The number of anilines is 1. The topological polar surface area (TPSA) is 43.8 Å². The summed E-state index contributed by atoms with van der Waals surface area (Å²) in [6, 6.07) is 10.4. The van der Waals surface area contributed by atoms with E-state index in [0.29, 0.717) is 0 Å². The largest absolute Gasteiger partial charge is 0.391 e. The van der Waals surface area contributed by atoms with E-state index in [9.17, 15) is 0 Å². The average molecular weight is 257 g/mol. The van der Waals surface area contributed by atoms with Crippen LogP contribution in [0.25, 0.3) is 21.7 Å². The molecule has 0 spiro atoms. The van der Waals surface area contributed by atoms with Crippen molar-refractivity contribution >= 4 is 27.4 Å². The molecule has 4 heteroatoms. The molecule has 0 fully saturated rings. The van der Waals surface area contributed by atoms with E-state index in [-0.39, 0.29) is 0 Å². The second-order valence-corrected chi connectivity index (χ2v) is 5.49. The fourth-order valence-electron chi connectivity index (χ4n) is 2.22. The maximum atomic E-state index is 5.81. The summed E-state index contributed by atoms with van der Waals surface area (Å²) in [5.74, 6) is 1.01. The van der Waals surface area contributed by atoms with Crippen molar-refractivity contribution in [2.75, 3.05) is 5.73 Å². The summed E-state index contributed by atoms with van der Waals surface area (Å²) < 4.78 is 2.24. The molecule has 2 aromatic heterocycles. The van der Waals surface area contributed by atoms with E-state index >= 15 is 0 Å². The minimum absolute atomic E-state index is 0.830. The van der Waals surface area contributed by atoms with Gasteiger partial charge in [0.15, 0.2) is 5.82 Å². The second kappa shape index (κ2) is 4.14. The quantitative estimate of drug-likeness (QED) is 0.761. The van der Waals surface area contributed by atoms with Crippen molar-refractivity contribution in [3.63, 3.8) is 0 Å². The maximum absolute atomic E-state index is 5.81. The molecule has 0 radical (unpaired) electrons. The molecule has 0 aliphatic carbocycles. The van der Waals surface area contributed by atoms with Gasteiger partial charge in [-0.25, -0.2) is 4.98 Å². The van der Waals surface area contributed by atoms with Crippen molar-refractivity contribution in [3.05, 3.63) is 35.9 Å². The summed E-state index contributed by atoms with van der Waals surface area (Å²) in [5, 5.41) is 0.830. The lowest BCUT2D eigenvalue weighted by molar-refractivity contribution is 0.798. The number of imidazole rings is 1. The number of hydrogen-bond acceptors (Lipinski definition) is 3. The fraction of sp³-hybridized carbons (Fsp3) is 0.214. The number of aromatic nitrogens is 2. The SMILES string of the molecule is CCn1c(-c2ccc(N)s2)nc2cc(C)ccc21. The Morgan fingerprint density at radius 2 is 2.11 bits per heavy atom. The van der Waals surface area contributed by atoms with E-state index in [2.05, 4.69) is 36.6 Å². The Morgan fingerprint density at radius 3 is 2.78 bits per heavy atom. The Balaban J connectivity index is 2.28. The smallest absolute Gasteiger partial charge is 0.151 e. The third-order valence-electron chi connectivity index (χ3n) is 3.07. The Kier molecular flexibility index (Phi) is 2.59. The summed E-state index contributed by atoms with van der Waals surface area (Å²) in [6.45, 7) is 5.14. The first-order valence-electron chi connectivity index (χ1n) is 6.01. The average Bonchev–Trinajstić information content (AvgIpc) is 2.91. The number of fused-ring (bicyclic) bond motifs is 1. The summed E-state index contributed by atoms with van der Waals surface area (Å²) in [4.78, 5) is 5.87. The van der Waals surface area contributed by atoms with Crippen LogP contribution in [0, 0.1) is 6.92 Å². The summed E-state index contributed by atoms with van der Waals surface area (Å²) in [7, 11) is 0. The Morgan fingerprint density at radius 1 is 1.28 bits per heavy atom. The van der Waals surface area contributed by atoms with E-state index in [1.54, 1.807) is 11.3 Å². The van der Waals surface area contributed by atoms with Crippen LogP contribution < -0.4 is 5.73 Å². The zero-order chi connectivity index (χ0) is 12.7. The van der Waals surface area contributed by atoms with Crippen LogP contribution in [-0.4, -0.2) is 9.55 Å². The molecule has 0 amide bonds. The minimum Gasteiger partial charge on any atom is -0.391 e. The van der Waals surface area contributed by atoms with E-state index in [0.717, 1.165) is 27.8 Å². The molecule has 0 aliphatic heterocycles. The molecular weight excluding hydrogens is 242 g/mol. The lowest BCUT2D eigenvalue weighted by Gasteiger charge is -2.03. The van der Waals surface area contributed by atoms with E-state index in [1.165, 1.54) is 11.1 Å². The third-order valence-corrected chi connectivity index (χ3v) is 3.98. The van der Waals surface area contributed by atoms with Crippen molar-refractivity contribution in [2.45, 2.75) is 20.4 Å². The lowest BCUT2D eigenvalue weighted by Crippen LogP contribution is -1.95. The van der Waals surface area contributed by atoms with Gasteiger partial charge in [-0.2, -0.15) is 0 Å². The van der Waals surface area contributed by atoms with Crippen LogP contribution in [0.3, 0.4) is 0 Å². The third kappa shape index (κ3) is 1.69. The van der Waals surface area contributed by atoms with E-state index in [4.69, 9.17) is 10.7 Å². The highest BCUT2D eigenvalue weighted by molar-refractivity contribution is 7.19. The van der Waals surface area contributed by atoms with Gasteiger partial charge in [0, 0.05) is 6.54 Å². The molecular formula is C14H15N3S. The Labute approximate surface area is 110 Å². The van der Waals surface area contributed by atoms with Crippen molar-refractivity contribution < 1.29 is 0 Å². The van der Waals surface area contributed by atoms with Crippen LogP contribution in [0.15, 0.2) is 30.3 Å². The predicted molar refractivity (Wildman–Crippen MR) is 77.9 cm³/mol. The van der Waals surface area contributed by atoms with Crippen molar-refractivity contribution in [1.29, 1.82) is 0 Å². The van der Waals surface area contributed by atoms with Crippen LogP contribution >= 0.6 is 11.3 Å². The minimum atomic E-state index is 0.830. The van der Waals surface area contributed by atoms with Crippen molar-refractivity contribution in [3.8, 4) is 10.7 Å². The first kappa shape index (κ1) is 11.3. The number of benzene rings is 1. The normalized spacial score (nSPS) is 11.2. The van der Waals surface area contributed by atoms with Crippen LogP contribution in [0.1, 0.15) is 12.5 Å². The number of hydrogen-bond donors (Lipinski definition) is 1. The number of nitrogens with zero attached hydrogens (tertiary/aromatic N) is 2. The van der Waals surface area contributed by atoms with Gasteiger partial charge in [-0.05, 0) is 43.7 Å². The first-order chi connectivity index (χ1) is 8.69. The van der Waals surface area contributed by atoms with Gasteiger partial charge in [-0.3, -0.25) is 0 Å². The second-order valence-electron chi connectivity index (χ2n) is 4.37. The molecule has 2 heterocycles. The number of nitrogens with two attached hydrogens (primary N) is 1. The van der Waals surface area contributed by atoms with E-state index in [1.807, 2.05) is 12.1 Å². The van der Waals surface area contributed by atoms with Gasteiger partial charge < -0.3 is 10.3 Å². The van der Waals surface area contributed by atoms with Gasteiger partial charge in [0.05, 0.1) is 20.9 Å². The van der Waals surface area contributed by atoms with Crippen LogP contribution in [-0.2, 0) is 6.54 Å². The molecule has 3 nitrogen and oxygen atoms in total. The zero-order valence-electron chi connectivity index (χ0n) is 10.5. The molecule has 0 atom stereocenters.